The molecule has 3 aliphatic rings. The zero-order valence-corrected chi connectivity index (χ0v) is 20.0. The summed E-state index contributed by atoms with van der Waals surface area (Å²) < 4.78 is 5.67. The third kappa shape index (κ3) is 4.17. The van der Waals surface area contributed by atoms with Crippen LogP contribution in [-0.4, -0.2) is 53.2 Å². The van der Waals surface area contributed by atoms with Crippen molar-refractivity contribution in [3.05, 3.63) is 59.7 Å². The molecule has 0 aromatic heterocycles. The molecule has 3 aliphatic carbocycles. The Labute approximate surface area is 205 Å². The first-order chi connectivity index (χ1) is 16.9. The van der Waals surface area contributed by atoms with Gasteiger partial charge in [0.2, 0.25) is 5.91 Å². The third-order valence-corrected chi connectivity index (χ3v) is 8.24. The van der Waals surface area contributed by atoms with Gasteiger partial charge in [-0.25, -0.2) is 9.59 Å². The Morgan fingerprint density at radius 1 is 1.00 bits per heavy atom. The maximum Gasteiger partial charge on any atom is 0.407 e. The summed E-state index contributed by atoms with van der Waals surface area (Å²) in [5.74, 6) is -1.35. The van der Waals surface area contributed by atoms with Crippen LogP contribution in [0.5, 0.6) is 0 Å². The molecule has 0 unspecified atom stereocenters. The van der Waals surface area contributed by atoms with E-state index in [0.29, 0.717) is 25.7 Å². The fourth-order valence-corrected chi connectivity index (χ4v) is 6.04. The van der Waals surface area contributed by atoms with Gasteiger partial charge in [0.15, 0.2) is 0 Å². The van der Waals surface area contributed by atoms with Gasteiger partial charge in [-0.2, -0.15) is 0 Å². The van der Waals surface area contributed by atoms with Crippen LogP contribution in [0.15, 0.2) is 48.5 Å². The average Bonchev–Trinajstić information content (AvgIpc) is 3.15. The molecule has 2 aromatic carbocycles. The summed E-state index contributed by atoms with van der Waals surface area (Å²) in [6.45, 7) is 0.249. The second kappa shape index (κ2) is 9.36. The molecule has 0 heterocycles. The van der Waals surface area contributed by atoms with Crippen molar-refractivity contribution in [2.24, 2.45) is 5.92 Å². The summed E-state index contributed by atoms with van der Waals surface area (Å²) in [7, 11) is 1.61. The molecule has 2 aromatic rings. The smallest absolute Gasteiger partial charge is 0.407 e. The molecule has 184 valence electrons. The second-order valence-corrected chi connectivity index (χ2v) is 10.1. The number of nitrogens with zero attached hydrogens (tertiary/aromatic N) is 1. The lowest BCUT2D eigenvalue weighted by molar-refractivity contribution is -0.166. The monoisotopic (exact) mass is 476 g/mol. The van der Waals surface area contributed by atoms with Gasteiger partial charge >= 0.3 is 12.1 Å². The first-order valence-electron chi connectivity index (χ1n) is 12.5. The van der Waals surface area contributed by atoms with Crippen LogP contribution in [0.4, 0.5) is 4.79 Å². The molecule has 2 fully saturated rings. The van der Waals surface area contributed by atoms with Gasteiger partial charge in [0.1, 0.15) is 12.1 Å². The number of nitrogens with one attached hydrogen (secondary N) is 1. The Bertz CT molecular complexity index is 1100. The van der Waals surface area contributed by atoms with Crippen LogP contribution in [0.25, 0.3) is 11.1 Å². The number of carbonyl (C=O) groups excluding carboxylic acids is 2. The fraction of sp³-hybridized carbons (Fsp3) is 0.464. The predicted molar refractivity (Wildman–Crippen MR) is 131 cm³/mol. The number of carboxylic acid groups (broad SMARTS) is 1. The number of fused-ring (bicyclic) bond motifs is 3. The molecular weight excluding hydrogens is 444 g/mol. The van der Waals surface area contributed by atoms with Crippen molar-refractivity contribution < 1.29 is 24.2 Å². The second-order valence-electron chi connectivity index (χ2n) is 10.1. The van der Waals surface area contributed by atoms with Crippen molar-refractivity contribution >= 4 is 18.0 Å². The summed E-state index contributed by atoms with van der Waals surface area (Å²) in [5.41, 5.74) is 3.62. The van der Waals surface area contributed by atoms with Crippen molar-refractivity contribution in [1.29, 1.82) is 0 Å². The van der Waals surface area contributed by atoms with Crippen LogP contribution in [0.3, 0.4) is 0 Å². The number of hydrogen-bond acceptors (Lipinski definition) is 4. The number of likely N-dealkylation sites (N-methyl/N-ethyl adjacent to an activating group) is 1. The van der Waals surface area contributed by atoms with E-state index in [0.717, 1.165) is 30.4 Å². The summed E-state index contributed by atoms with van der Waals surface area (Å²) >= 11 is 0. The molecule has 2 N–H and O–H groups in total. The van der Waals surface area contributed by atoms with E-state index < -0.39 is 17.6 Å². The highest BCUT2D eigenvalue weighted by Gasteiger charge is 2.51. The van der Waals surface area contributed by atoms with E-state index in [2.05, 4.69) is 29.6 Å². The molecule has 2 amide bonds. The quantitative estimate of drug-likeness (QED) is 0.638. The Balaban J connectivity index is 1.18. The summed E-state index contributed by atoms with van der Waals surface area (Å²) in [6, 6.07) is 16.3. The summed E-state index contributed by atoms with van der Waals surface area (Å²) in [4.78, 5) is 39.1. The molecular formula is C28H32N2O5. The SMILES string of the molecule is CN(C(=O)[C@H]1CCC[C@@H](NC(=O)OCC2c3ccccc3-c3ccccc32)C1)C1(C(=O)O)CCC1. The number of aliphatic carboxylic acids is 1. The highest BCUT2D eigenvalue weighted by atomic mass is 16.5. The zero-order valence-electron chi connectivity index (χ0n) is 20.0. The van der Waals surface area contributed by atoms with E-state index >= 15 is 0 Å². The fourth-order valence-electron chi connectivity index (χ4n) is 6.04. The van der Waals surface area contributed by atoms with Crippen molar-refractivity contribution in [2.75, 3.05) is 13.7 Å². The molecule has 7 heteroatoms. The molecule has 0 spiro atoms. The zero-order chi connectivity index (χ0) is 24.6. The predicted octanol–water partition coefficient (Wildman–Crippen LogP) is 4.55. The Morgan fingerprint density at radius 3 is 2.20 bits per heavy atom. The topological polar surface area (TPSA) is 95.9 Å². The summed E-state index contributed by atoms with van der Waals surface area (Å²) in [5, 5.41) is 12.6. The maximum absolute atomic E-state index is 13.1. The van der Waals surface area contributed by atoms with E-state index in [1.54, 1.807) is 7.05 Å². The Kier molecular flexibility index (Phi) is 6.26. The lowest BCUT2D eigenvalue weighted by Gasteiger charge is -2.46. The normalized spacial score (nSPS) is 22.3. The van der Waals surface area contributed by atoms with Crippen LogP contribution in [0, 0.1) is 5.92 Å². The lowest BCUT2D eigenvalue weighted by atomic mass is 9.74. The van der Waals surface area contributed by atoms with Crippen LogP contribution >= 0.6 is 0 Å². The molecule has 5 rings (SSSR count). The highest BCUT2D eigenvalue weighted by molar-refractivity contribution is 5.89. The van der Waals surface area contributed by atoms with E-state index in [1.807, 2.05) is 24.3 Å². The third-order valence-electron chi connectivity index (χ3n) is 8.24. The van der Waals surface area contributed by atoms with Crippen LogP contribution in [0.2, 0.25) is 0 Å². The highest BCUT2D eigenvalue weighted by Crippen LogP contribution is 2.44. The van der Waals surface area contributed by atoms with E-state index in [4.69, 9.17) is 4.74 Å². The molecule has 0 saturated heterocycles. The van der Waals surface area contributed by atoms with Crippen molar-refractivity contribution in [3.63, 3.8) is 0 Å². The summed E-state index contributed by atoms with van der Waals surface area (Å²) in [6.07, 6.45) is 4.14. The minimum absolute atomic E-state index is 0.00262. The standard InChI is InChI=1S/C28H32N2O5/c1-30(28(26(32)33)14-7-15-28)25(31)18-8-6-9-19(16-18)29-27(34)35-17-24-22-12-4-2-10-20(22)21-11-3-5-13-23(21)24/h2-5,10-13,18-19,24H,6-9,14-17H2,1H3,(H,29,34)(H,32,33)/t18-,19+/m0/s1. The molecule has 0 radical (unpaired) electrons. The number of amides is 2. The van der Waals surface area contributed by atoms with Gasteiger partial charge in [0, 0.05) is 24.9 Å². The average molecular weight is 477 g/mol. The first-order valence-corrected chi connectivity index (χ1v) is 12.5. The minimum Gasteiger partial charge on any atom is -0.479 e. The molecule has 7 nitrogen and oxygen atoms in total. The molecule has 0 bridgehead atoms. The number of rotatable bonds is 6. The number of carboxylic acids is 1. The Hall–Kier alpha value is -3.35. The van der Waals surface area contributed by atoms with Crippen molar-refractivity contribution in [2.45, 2.75) is 62.4 Å². The van der Waals surface area contributed by atoms with Gasteiger partial charge in [0.05, 0.1) is 0 Å². The van der Waals surface area contributed by atoms with E-state index in [1.165, 1.54) is 16.0 Å². The minimum atomic E-state index is -1.07. The molecule has 35 heavy (non-hydrogen) atoms. The number of carbonyl (C=O) groups is 3. The van der Waals surface area contributed by atoms with E-state index in [9.17, 15) is 19.5 Å². The molecule has 2 saturated carbocycles. The molecule has 2 atom stereocenters. The van der Waals surface area contributed by atoms with E-state index in [-0.39, 0.29) is 30.4 Å². The maximum atomic E-state index is 13.1. The van der Waals surface area contributed by atoms with Crippen LogP contribution < -0.4 is 5.32 Å². The number of ether oxygens (including phenoxy) is 1. The molecule has 0 aliphatic heterocycles. The first kappa shape index (κ1) is 23.4. The van der Waals surface area contributed by atoms with Gasteiger partial charge in [0.25, 0.3) is 0 Å². The number of hydrogen-bond donors (Lipinski definition) is 2. The lowest BCUT2D eigenvalue weighted by Crippen LogP contribution is -2.61. The van der Waals surface area contributed by atoms with Gasteiger partial charge in [-0.15, -0.1) is 0 Å². The number of alkyl carbamates (subject to hydrolysis) is 1. The number of benzene rings is 2. The van der Waals surface area contributed by atoms with Crippen LogP contribution in [0.1, 0.15) is 62.0 Å². The Morgan fingerprint density at radius 2 is 1.63 bits per heavy atom. The van der Waals surface area contributed by atoms with Gasteiger partial charge in [-0.05, 0) is 60.8 Å². The van der Waals surface area contributed by atoms with Gasteiger partial charge in [-0.1, -0.05) is 55.0 Å². The van der Waals surface area contributed by atoms with Crippen molar-refractivity contribution in [1.82, 2.24) is 10.2 Å². The van der Waals surface area contributed by atoms with Gasteiger partial charge in [-0.3, -0.25) is 4.79 Å². The van der Waals surface area contributed by atoms with Crippen molar-refractivity contribution in [3.8, 4) is 11.1 Å². The largest absolute Gasteiger partial charge is 0.479 e. The van der Waals surface area contributed by atoms with Gasteiger partial charge < -0.3 is 20.1 Å². The van der Waals surface area contributed by atoms with Crippen LogP contribution in [-0.2, 0) is 14.3 Å².